The molecular formula is C26H35FN4O. The van der Waals surface area contributed by atoms with Crippen LogP contribution in [0.3, 0.4) is 0 Å². The fourth-order valence-corrected chi connectivity index (χ4v) is 4.79. The molecule has 2 aromatic carbocycles. The zero-order valence-corrected chi connectivity index (χ0v) is 19.2. The van der Waals surface area contributed by atoms with Gasteiger partial charge in [0.1, 0.15) is 12.0 Å². The Bertz CT molecular complexity index is 894. The number of piperidine rings is 1. The zero-order valence-electron chi connectivity index (χ0n) is 19.2. The number of rotatable bonds is 8. The van der Waals surface area contributed by atoms with Crippen LogP contribution in [0.2, 0.25) is 0 Å². The molecule has 2 atom stereocenters. The van der Waals surface area contributed by atoms with E-state index >= 15 is 0 Å². The second kappa shape index (κ2) is 10.1. The summed E-state index contributed by atoms with van der Waals surface area (Å²) in [5.74, 6) is 0.658. The Morgan fingerprint density at radius 1 is 1.12 bits per heavy atom. The lowest BCUT2D eigenvalue weighted by atomic mass is 9.75. The standard InChI is InChI=1S/C26H35FN4O/c1-3-26(25-29-24(30(2)32-25)19-20-9-11-22(27)12-10-20)14-17-31(18-15-26)16-13-23(28)21-7-5-4-6-8-21/h4-12,23-24H,3,13-19,28H2,1-2H3. The van der Waals surface area contributed by atoms with E-state index in [2.05, 4.69) is 24.0 Å². The van der Waals surface area contributed by atoms with Gasteiger partial charge in [0.15, 0.2) is 0 Å². The third kappa shape index (κ3) is 5.20. The molecule has 0 saturated carbocycles. The lowest BCUT2D eigenvalue weighted by molar-refractivity contribution is -0.0685. The van der Waals surface area contributed by atoms with E-state index in [1.807, 2.05) is 42.4 Å². The number of hydrogen-bond donors (Lipinski definition) is 1. The van der Waals surface area contributed by atoms with E-state index in [0.29, 0.717) is 6.42 Å². The van der Waals surface area contributed by atoms with Crippen LogP contribution >= 0.6 is 0 Å². The molecule has 0 aromatic heterocycles. The molecule has 0 amide bonds. The highest BCUT2D eigenvalue weighted by atomic mass is 19.1. The number of hydrogen-bond acceptors (Lipinski definition) is 5. The summed E-state index contributed by atoms with van der Waals surface area (Å²) in [6, 6.07) is 17.1. The zero-order chi connectivity index (χ0) is 22.6. The Morgan fingerprint density at radius 2 is 1.81 bits per heavy atom. The van der Waals surface area contributed by atoms with Crippen molar-refractivity contribution in [2.75, 3.05) is 26.7 Å². The first-order valence-corrected chi connectivity index (χ1v) is 11.8. The van der Waals surface area contributed by atoms with Gasteiger partial charge in [0.2, 0.25) is 5.90 Å². The number of aliphatic imine (C=N–C) groups is 1. The van der Waals surface area contributed by atoms with Crippen LogP contribution in [0.4, 0.5) is 4.39 Å². The summed E-state index contributed by atoms with van der Waals surface area (Å²) in [5.41, 5.74) is 8.66. The maximum absolute atomic E-state index is 13.2. The van der Waals surface area contributed by atoms with Gasteiger partial charge in [-0.1, -0.05) is 49.4 Å². The van der Waals surface area contributed by atoms with Crippen LogP contribution in [0.25, 0.3) is 0 Å². The molecule has 0 aliphatic carbocycles. The van der Waals surface area contributed by atoms with Crippen molar-refractivity contribution in [2.24, 2.45) is 16.1 Å². The minimum Gasteiger partial charge on any atom is -0.388 e. The first-order valence-electron chi connectivity index (χ1n) is 11.8. The van der Waals surface area contributed by atoms with E-state index in [-0.39, 0.29) is 23.4 Å². The lowest BCUT2D eigenvalue weighted by Gasteiger charge is -2.40. The highest BCUT2D eigenvalue weighted by Gasteiger charge is 2.43. The van der Waals surface area contributed by atoms with Gasteiger partial charge in [0.05, 0.1) is 5.41 Å². The number of likely N-dealkylation sites (N-methyl/N-ethyl adjacent to an activating group) is 1. The summed E-state index contributed by atoms with van der Waals surface area (Å²) < 4.78 is 13.2. The van der Waals surface area contributed by atoms with E-state index in [1.165, 1.54) is 17.7 Å². The van der Waals surface area contributed by atoms with Crippen molar-refractivity contribution in [1.82, 2.24) is 9.96 Å². The summed E-state index contributed by atoms with van der Waals surface area (Å²) in [7, 11) is 1.94. The molecule has 0 radical (unpaired) electrons. The van der Waals surface area contributed by atoms with Crippen molar-refractivity contribution >= 4 is 5.90 Å². The first-order chi connectivity index (χ1) is 15.5. The van der Waals surface area contributed by atoms with Crippen molar-refractivity contribution in [2.45, 2.75) is 51.2 Å². The van der Waals surface area contributed by atoms with Crippen LogP contribution in [-0.4, -0.2) is 48.7 Å². The average molecular weight is 439 g/mol. The fraction of sp³-hybridized carbons (Fsp3) is 0.500. The van der Waals surface area contributed by atoms with Crippen LogP contribution in [0.15, 0.2) is 59.6 Å². The van der Waals surface area contributed by atoms with E-state index in [1.54, 1.807) is 0 Å². The van der Waals surface area contributed by atoms with Crippen molar-refractivity contribution in [1.29, 1.82) is 0 Å². The molecule has 1 fully saturated rings. The van der Waals surface area contributed by atoms with E-state index < -0.39 is 0 Å². The molecule has 2 aliphatic rings. The van der Waals surface area contributed by atoms with Gasteiger partial charge in [-0.15, -0.1) is 5.06 Å². The van der Waals surface area contributed by atoms with Gasteiger partial charge in [-0.05, 0) is 68.6 Å². The van der Waals surface area contributed by atoms with E-state index in [4.69, 9.17) is 15.6 Å². The second-order valence-electron chi connectivity index (χ2n) is 9.16. The van der Waals surface area contributed by atoms with Crippen molar-refractivity contribution in [3.05, 3.63) is 71.5 Å². The molecule has 2 N–H and O–H groups in total. The minimum absolute atomic E-state index is 0.0101. The van der Waals surface area contributed by atoms with Crippen LogP contribution < -0.4 is 5.73 Å². The molecule has 4 rings (SSSR count). The largest absolute Gasteiger partial charge is 0.388 e. The van der Waals surface area contributed by atoms with Gasteiger partial charge in [-0.2, -0.15) is 0 Å². The molecule has 5 nitrogen and oxygen atoms in total. The maximum Gasteiger partial charge on any atom is 0.217 e. The Labute approximate surface area is 191 Å². The number of hydroxylamine groups is 2. The average Bonchev–Trinajstić information content (AvgIpc) is 3.20. The van der Waals surface area contributed by atoms with Crippen molar-refractivity contribution in [3.63, 3.8) is 0 Å². The summed E-state index contributed by atoms with van der Waals surface area (Å²) in [6.07, 6.45) is 4.70. The topological polar surface area (TPSA) is 54.1 Å². The van der Waals surface area contributed by atoms with Crippen LogP contribution in [0.5, 0.6) is 0 Å². The highest BCUT2D eigenvalue weighted by molar-refractivity contribution is 5.83. The normalized spacial score (nSPS) is 22.4. The van der Waals surface area contributed by atoms with Gasteiger partial charge in [0.25, 0.3) is 0 Å². The molecule has 32 heavy (non-hydrogen) atoms. The summed E-state index contributed by atoms with van der Waals surface area (Å²) in [5, 5.41) is 1.85. The number of likely N-dealkylation sites (tertiary alicyclic amines) is 1. The van der Waals surface area contributed by atoms with Gasteiger partial charge >= 0.3 is 0 Å². The maximum atomic E-state index is 13.2. The summed E-state index contributed by atoms with van der Waals surface area (Å²) in [6.45, 7) is 5.31. The van der Waals surface area contributed by atoms with Crippen molar-refractivity contribution < 1.29 is 9.23 Å². The number of benzene rings is 2. The third-order valence-electron chi connectivity index (χ3n) is 7.18. The summed E-state index contributed by atoms with van der Waals surface area (Å²) in [4.78, 5) is 13.7. The molecule has 2 unspecified atom stereocenters. The fourth-order valence-electron chi connectivity index (χ4n) is 4.79. The van der Waals surface area contributed by atoms with Crippen molar-refractivity contribution in [3.8, 4) is 0 Å². The SMILES string of the molecule is CCC1(C2=NC(Cc3ccc(F)cc3)N(C)O2)CCN(CCC(N)c2ccccc2)CC1. The highest BCUT2D eigenvalue weighted by Crippen LogP contribution is 2.39. The van der Waals surface area contributed by atoms with Crippen LogP contribution in [0.1, 0.15) is 49.8 Å². The molecule has 0 bridgehead atoms. The Balaban J connectivity index is 1.33. The predicted molar refractivity (Wildman–Crippen MR) is 127 cm³/mol. The Morgan fingerprint density at radius 3 is 2.47 bits per heavy atom. The van der Waals surface area contributed by atoms with Gasteiger partial charge in [0, 0.05) is 19.5 Å². The third-order valence-corrected chi connectivity index (χ3v) is 7.18. The predicted octanol–water partition coefficient (Wildman–Crippen LogP) is 4.55. The van der Waals surface area contributed by atoms with Gasteiger partial charge < -0.3 is 15.5 Å². The molecule has 0 spiro atoms. The molecule has 1 saturated heterocycles. The molecule has 172 valence electrons. The van der Waals surface area contributed by atoms with E-state index in [0.717, 1.165) is 56.8 Å². The molecule has 2 aromatic rings. The minimum atomic E-state index is -0.213. The second-order valence-corrected chi connectivity index (χ2v) is 9.16. The smallest absolute Gasteiger partial charge is 0.217 e. The molecular weight excluding hydrogens is 403 g/mol. The van der Waals surface area contributed by atoms with Gasteiger partial charge in [-0.3, -0.25) is 0 Å². The molecule has 2 aliphatic heterocycles. The van der Waals surface area contributed by atoms with E-state index in [9.17, 15) is 4.39 Å². The first kappa shape index (κ1) is 22.9. The van der Waals surface area contributed by atoms with Gasteiger partial charge in [-0.25, -0.2) is 9.38 Å². The number of nitrogens with two attached hydrogens (primary N) is 1. The lowest BCUT2D eigenvalue weighted by Crippen LogP contribution is -2.45. The number of nitrogens with zero attached hydrogens (tertiary/aromatic N) is 3. The molecule has 2 heterocycles. The monoisotopic (exact) mass is 438 g/mol. The Kier molecular flexibility index (Phi) is 7.23. The quantitative estimate of drug-likeness (QED) is 0.657. The summed E-state index contributed by atoms with van der Waals surface area (Å²) >= 11 is 0. The van der Waals surface area contributed by atoms with Crippen LogP contribution in [0, 0.1) is 11.2 Å². The van der Waals surface area contributed by atoms with Crippen LogP contribution in [-0.2, 0) is 11.3 Å². The molecule has 6 heteroatoms. The number of halogens is 1. The Hall–Kier alpha value is -2.28.